The lowest BCUT2D eigenvalue weighted by atomic mass is 10.2. The molecule has 0 N–H and O–H groups in total. The molecule has 0 radical (unpaired) electrons. The van der Waals surface area contributed by atoms with Crippen LogP contribution in [-0.4, -0.2) is 37.5 Å². The highest BCUT2D eigenvalue weighted by molar-refractivity contribution is 9.12. The summed E-state index contributed by atoms with van der Waals surface area (Å²) < 4.78 is 23.7. The largest absolute Gasteiger partial charge is 0.484 e. The summed E-state index contributed by atoms with van der Waals surface area (Å²) in [7, 11) is 0. The Balaban J connectivity index is 1.79. The zero-order valence-electron chi connectivity index (χ0n) is 11.9. The maximum Gasteiger partial charge on any atom is 0.332 e. The first-order valence-electron chi connectivity index (χ1n) is 6.33. The van der Waals surface area contributed by atoms with E-state index in [1.165, 1.54) is 11.3 Å². The number of rotatable bonds is 4. The van der Waals surface area contributed by atoms with Crippen LogP contribution < -0.4 is 9.47 Å². The highest BCUT2D eigenvalue weighted by Crippen LogP contribution is 2.50. The van der Waals surface area contributed by atoms with Crippen LogP contribution in [0.5, 0.6) is 11.5 Å². The number of ether oxygens (including phenoxy) is 4. The zero-order chi connectivity index (χ0) is 15.6. The van der Waals surface area contributed by atoms with Crippen molar-refractivity contribution in [1.82, 2.24) is 0 Å². The van der Waals surface area contributed by atoms with Crippen LogP contribution in [0.3, 0.4) is 0 Å². The molecule has 0 aliphatic carbocycles. The van der Waals surface area contributed by atoms with Crippen LogP contribution in [0.1, 0.15) is 20.8 Å². The normalized spacial score (nSPS) is 17.7. The maximum absolute atomic E-state index is 11.5. The Morgan fingerprint density at radius 2 is 2.00 bits per heavy atom. The van der Waals surface area contributed by atoms with Gasteiger partial charge < -0.3 is 18.9 Å². The van der Waals surface area contributed by atoms with Gasteiger partial charge in [0.15, 0.2) is 17.6 Å². The standard InChI is InChI=1S/C13H16Br2O5S/c1-13(2,3)20-8(16)6-17-4-7-5-18-9-10(19-7)12(15)21-11(9)14/h7H,4-6H2,1-3H3. The van der Waals surface area contributed by atoms with Gasteiger partial charge in [0.1, 0.15) is 26.4 Å². The van der Waals surface area contributed by atoms with Gasteiger partial charge in [0.2, 0.25) is 0 Å². The molecule has 21 heavy (non-hydrogen) atoms. The Kier molecular flexibility index (Phi) is 5.56. The minimum absolute atomic E-state index is 0.0987. The first-order valence-corrected chi connectivity index (χ1v) is 8.73. The van der Waals surface area contributed by atoms with Gasteiger partial charge in [-0.25, -0.2) is 4.79 Å². The molecule has 2 heterocycles. The van der Waals surface area contributed by atoms with Gasteiger partial charge >= 0.3 is 5.97 Å². The molecule has 1 aliphatic rings. The van der Waals surface area contributed by atoms with Crippen molar-refractivity contribution < 1.29 is 23.7 Å². The van der Waals surface area contributed by atoms with E-state index in [9.17, 15) is 4.79 Å². The van der Waals surface area contributed by atoms with Crippen LogP contribution in [0, 0.1) is 0 Å². The summed E-state index contributed by atoms with van der Waals surface area (Å²) in [6.45, 7) is 5.99. The van der Waals surface area contributed by atoms with Crippen molar-refractivity contribution >= 4 is 49.2 Å². The molecule has 1 atom stereocenters. The maximum atomic E-state index is 11.5. The van der Waals surface area contributed by atoms with Gasteiger partial charge in [-0.15, -0.1) is 11.3 Å². The van der Waals surface area contributed by atoms with Gasteiger partial charge in [0.25, 0.3) is 0 Å². The Morgan fingerprint density at radius 1 is 1.33 bits per heavy atom. The number of fused-ring (bicyclic) bond motifs is 1. The third-order valence-corrected chi connectivity index (χ3v) is 4.80. The first-order chi connectivity index (χ1) is 9.76. The van der Waals surface area contributed by atoms with Gasteiger partial charge in [-0.3, -0.25) is 0 Å². The molecule has 0 aromatic carbocycles. The molecule has 1 aromatic heterocycles. The summed E-state index contributed by atoms with van der Waals surface area (Å²) in [6, 6.07) is 0. The Morgan fingerprint density at radius 3 is 2.67 bits per heavy atom. The smallest absolute Gasteiger partial charge is 0.332 e. The fourth-order valence-corrected chi connectivity index (χ4v) is 4.50. The monoisotopic (exact) mass is 442 g/mol. The van der Waals surface area contributed by atoms with Crippen molar-refractivity contribution in [3.8, 4) is 11.5 Å². The quantitative estimate of drug-likeness (QED) is 0.663. The van der Waals surface area contributed by atoms with Gasteiger partial charge in [0, 0.05) is 0 Å². The van der Waals surface area contributed by atoms with Crippen molar-refractivity contribution in [2.75, 3.05) is 19.8 Å². The molecular formula is C13H16Br2O5S. The Hall–Kier alpha value is -0.310. The van der Waals surface area contributed by atoms with Gasteiger partial charge in [-0.1, -0.05) is 0 Å². The molecule has 0 saturated carbocycles. The van der Waals surface area contributed by atoms with Crippen LogP contribution in [0.2, 0.25) is 0 Å². The van der Waals surface area contributed by atoms with Crippen molar-refractivity contribution in [2.45, 2.75) is 32.5 Å². The van der Waals surface area contributed by atoms with Crippen molar-refractivity contribution in [3.05, 3.63) is 7.57 Å². The summed E-state index contributed by atoms with van der Waals surface area (Å²) in [5.74, 6) is 0.985. The van der Waals surface area contributed by atoms with Gasteiger partial charge in [0.05, 0.1) is 6.61 Å². The van der Waals surface area contributed by atoms with E-state index in [0.29, 0.717) is 18.1 Å². The highest BCUT2D eigenvalue weighted by atomic mass is 79.9. The van der Waals surface area contributed by atoms with E-state index in [1.54, 1.807) is 0 Å². The number of esters is 1. The lowest BCUT2D eigenvalue weighted by molar-refractivity contribution is -0.161. The zero-order valence-corrected chi connectivity index (χ0v) is 15.9. The molecule has 1 unspecified atom stereocenters. The van der Waals surface area contributed by atoms with Crippen molar-refractivity contribution in [3.63, 3.8) is 0 Å². The van der Waals surface area contributed by atoms with Crippen LogP contribution in [-0.2, 0) is 14.3 Å². The van der Waals surface area contributed by atoms with Crippen molar-refractivity contribution in [2.24, 2.45) is 0 Å². The molecule has 1 aromatic rings. The number of hydrogen-bond acceptors (Lipinski definition) is 6. The fourth-order valence-electron chi connectivity index (χ4n) is 1.68. The molecule has 0 spiro atoms. The van der Waals surface area contributed by atoms with E-state index in [1.807, 2.05) is 20.8 Å². The molecule has 0 bridgehead atoms. The average molecular weight is 444 g/mol. The summed E-state index contributed by atoms with van der Waals surface area (Å²) in [5.41, 5.74) is -0.506. The minimum atomic E-state index is -0.506. The van der Waals surface area contributed by atoms with E-state index in [0.717, 1.165) is 7.57 Å². The second-order valence-corrected chi connectivity index (χ2v) is 9.12. The van der Waals surface area contributed by atoms with E-state index in [2.05, 4.69) is 31.9 Å². The van der Waals surface area contributed by atoms with Gasteiger partial charge in [-0.2, -0.15) is 0 Å². The first kappa shape index (κ1) is 17.1. The number of carbonyl (C=O) groups excluding carboxylic acids is 1. The third-order valence-electron chi connectivity index (χ3n) is 2.38. The second kappa shape index (κ2) is 6.85. The van der Waals surface area contributed by atoms with Gasteiger partial charge in [-0.05, 0) is 52.6 Å². The summed E-state index contributed by atoms with van der Waals surface area (Å²) in [4.78, 5) is 11.5. The topological polar surface area (TPSA) is 54.0 Å². The van der Waals surface area contributed by atoms with E-state index in [4.69, 9.17) is 18.9 Å². The van der Waals surface area contributed by atoms with Crippen LogP contribution in [0.4, 0.5) is 0 Å². The molecule has 0 amide bonds. The summed E-state index contributed by atoms with van der Waals surface area (Å²) >= 11 is 8.33. The molecule has 0 fully saturated rings. The molecule has 2 rings (SSSR count). The summed E-state index contributed by atoms with van der Waals surface area (Å²) in [5, 5.41) is 0. The predicted octanol–water partition coefficient (Wildman–Crippen LogP) is 3.77. The summed E-state index contributed by atoms with van der Waals surface area (Å²) in [6.07, 6.45) is -0.252. The second-order valence-electron chi connectivity index (χ2n) is 5.46. The van der Waals surface area contributed by atoms with Crippen LogP contribution in [0.25, 0.3) is 0 Å². The molecule has 8 heteroatoms. The molecule has 5 nitrogen and oxygen atoms in total. The lowest BCUT2D eigenvalue weighted by Gasteiger charge is -2.25. The highest BCUT2D eigenvalue weighted by Gasteiger charge is 2.28. The molecule has 1 aliphatic heterocycles. The predicted molar refractivity (Wildman–Crippen MR) is 86.3 cm³/mol. The number of hydrogen-bond donors (Lipinski definition) is 0. The third kappa shape index (κ3) is 4.84. The minimum Gasteiger partial charge on any atom is -0.484 e. The number of thiophene rings is 1. The Bertz CT molecular complexity index is 523. The number of halogens is 2. The Labute approximate surface area is 144 Å². The van der Waals surface area contributed by atoms with E-state index in [-0.39, 0.29) is 25.3 Å². The van der Waals surface area contributed by atoms with E-state index < -0.39 is 5.60 Å². The van der Waals surface area contributed by atoms with Crippen LogP contribution in [0.15, 0.2) is 7.57 Å². The molecular weight excluding hydrogens is 428 g/mol. The van der Waals surface area contributed by atoms with E-state index >= 15 is 0 Å². The fraction of sp³-hybridized carbons (Fsp3) is 0.615. The lowest BCUT2D eigenvalue weighted by Crippen LogP contribution is -2.34. The van der Waals surface area contributed by atoms with Crippen LogP contribution >= 0.6 is 43.2 Å². The number of carbonyl (C=O) groups is 1. The van der Waals surface area contributed by atoms with Crippen molar-refractivity contribution in [1.29, 1.82) is 0 Å². The average Bonchev–Trinajstić information content (AvgIpc) is 2.62. The SMILES string of the molecule is CC(C)(C)OC(=O)COCC1COc2c(Br)sc(Br)c2O1. The molecule has 0 saturated heterocycles. The molecule has 118 valence electrons.